The van der Waals surface area contributed by atoms with Crippen molar-refractivity contribution in [3.63, 3.8) is 0 Å². The van der Waals surface area contributed by atoms with Crippen LogP contribution in [0.5, 0.6) is 0 Å². The van der Waals surface area contributed by atoms with Gasteiger partial charge < -0.3 is 29.7 Å². The maximum absolute atomic E-state index is 13.3. The fourth-order valence-electron chi connectivity index (χ4n) is 8.52. The van der Waals surface area contributed by atoms with Crippen LogP contribution in [0, 0.1) is 35.2 Å². The van der Waals surface area contributed by atoms with E-state index in [-0.39, 0.29) is 37.9 Å². The molecule has 3 aliphatic heterocycles. The van der Waals surface area contributed by atoms with Gasteiger partial charge in [-0.3, -0.25) is 31.0 Å². The number of anilines is 3. The van der Waals surface area contributed by atoms with Gasteiger partial charge in [0.05, 0.1) is 17.9 Å². The van der Waals surface area contributed by atoms with Gasteiger partial charge in [0.25, 0.3) is 0 Å². The normalized spacial score (nSPS) is 19.7. The molecule has 3 aliphatic rings. The summed E-state index contributed by atoms with van der Waals surface area (Å²) in [4.78, 5) is 41.3. The largest absolute Gasteiger partial charge is 3.00 e. The molecule has 0 bridgehead atoms. The predicted octanol–water partition coefficient (Wildman–Crippen LogP) is 5.42. The SMILES string of the molecule is CC(C)C1=NNC(C(=O)[O-])(c2ccc(F)cc2)N1c1ccccc1.CC(C)C1=NNC(C(=O)[O-])(c2ccc(F)cc2)N1c1ccccc1.CC(C)C1=NNC(C(=O)[O-])(c2ccc(F)cc2)N1c1ccccc1.[Ir+3]. The van der Waals surface area contributed by atoms with E-state index in [0.717, 1.165) is 0 Å². The van der Waals surface area contributed by atoms with Crippen molar-refractivity contribution < 1.29 is 63.0 Å². The first-order valence-electron chi connectivity index (χ1n) is 22.9. The molecule has 19 heteroatoms. The van der Waals surface area contributed by atoms with Crippen molar-refractivity contribution in [2.24, 2.45) is 33.1 Å². The number of amidine groups is 3. The summed E-state index contributed by atoms with van der Waals surface area (Å²) in [7, 11) is 0. The maximum Gasteiger partial charge on any atom is 3.00 e. The number of hydrazone groups is 3. The van der Waals surface area contributed by atoms with Crippen molar-refractivity contribution in [1.29, 1.82) is 0 Å². The Morgan fingerprint density at radius 1 is 0.397 bits per heavy atom. The predicted molar refractivity (Wildman–Crippen MR) is 262 cm³/mol. The Morgan fingerprint density at radius 2 is 0.603 bits per heavy atom. The standard InChI is InChI=1S/3C18H18FN3O2.Ir/c3*1-12(2)16-20-21-18(17(23)24,13-8-10-14(19)11-9-13)22(16)15-6-4-3-5-7-15;/h3*3-12,21H,1-2H3,(H,23,24);/q;;;+3/p-3. The zero-order valence-corrected chi connectivity index (χ0v) is 42.8. The second kappa shape index (κ2) is 22.6. The molecule has 378 valence electrons. The zero-order valence-electron chi connectivity index (χ0n) is 40.4. The van der Waals surface area contributed by atoms with Crippen molar-refractivity contribution >= 4 is 52.5 Å². The molecule has 9 rings (SSSR count). The van der Waals surface area contributed by atoms with Crippen molar-refractivity contribution in [2.75, 3.05) is 14.7 Å². The summed E-state index contributed by atoms with van der Waals surface area (Å²) in [6.07, 6.45) is 0. The zero-order chi connectivity index (χ0) is 52.0. The summed E-state index contributed by atoms with van der Waals surface area (Å²) < 4.78 is 39.9. The number of aliphatic carboxylic acids is 3. The third-order valence-corrected chi connectivity index (χ3v) is 12.0. The van der Waals surface area contributed by atoms with E-state index >= 15 is 0 Å². The Hall–Kier alpha value is -8.02. The van der Waals surface area contributed by atoms with E-state index in [1.54, 1.807) is 51.1 Å². The third kappa shape index (κ3) is 10.4. The van der Waals surface area contributed by atoms with Gasteiger partial charge in [0, 0.05) is 51.5 Å². The minimum atomic E-state index is -1.73. The molecule has 3 atom stereocenters. The van der Waals surface area contributed by atoms with Crippen LogP contribution < -0.4 is 46.3 Å². The summed E-state index contributed by atoms with van der Waals surface area (Å²) in [6, 6.07) is 43.1. The van der Waals surface area contributed by atoms with Crippen LogP contribution in [-0.2, 0) is 51.5 Å². The number of carbonyl (C=O) groups excluding carboxylic acids is 3. The van der Waals surface area contributed by atoms with E-state index in [4.69, 9.17) is 0 Å². The van der Waals surface area contributed by atoms with Crippen LogP contribution in [0.2, 0.25) is 0 Å². The first-order chi connectivity index (χ1) is 34.4. The monoisotopic (exact) mass is 1170 g/mol. The second-order valence-corrected chi connectivity index (χ2v) is 17.7. The van der Waals surface area contributed by atoms with Crippen LogP contribution >= 0.6 is 0 Å². The Bertz CT molecular complexity index is 2650. The number of nitrogens with zero attached hydrogens (tertiary/aromatic N) is 6. The number of carbonyl (C=O) groups is 3. The molecule has 3 unspecified atom stereocenters. The number of carboxylic acids is 3. The van der Waals surface area contributed by atoms with Gasteiger partial charge in [-0.25, -0.2) is 13.2 Å². The number of carboxylic acid groups (broad SMARTS) is 3. The fourth-order valence-corrected chi connectivity index (χ4v) is 8.52. The Kier molecular flexibility index (Phi) is 16.8. The summed E-state index contributed by atoms with van der Waals surface area (Å²) in [6.45, 7) is 11.5. The van der Waals surface area contributed by atoms with Gasteiger partial charge in [0.15, 0.2) is 17.0 Å². The number of hydrogen-bond donors (Lipinski definition) is 3. The molecule has 6 aromatic carbocycles. The van der Waals surface area contributed by atoms with Gasteiger partial charge in [-0.2, -0.15) is 15.3 Å². The van der Waals surface area contributed by atoms with E-state index in [0.29, 0.717) is 51.3 Å². The summed E-state index contributed by atoms with van der Waals surface area (Å²) in [5.74, 6) is -3.81. The van der Waals surface area contributed by atoms with Crippen LogP contribution in [0.1, 0.15) is 58.2 Å². The first-order valence-corrected chi connectivity index (χ1v) is 22.9. The number of hydrogen-bond acceptors (Lipinski definition) is 15. The number of rotatable bonds is 12. The number of para-hydroxylation sites is 3. The molecular formula is C54H51F3IrN9O6. The van der Waals surface area contributed by atoms with Gasteiger partial charge in [-0.15, -0.1) is 0 Å². The number of benzene rings is 6. The van der Waals surface area contributed by atoms with Gasteiger partial charge >= 0.3 is 20.1 Å². The van der Waals surface area contributed by atoms with E-state index in [1.165, 1.54) is 72.8 Å². The molecule has 0 saturated carbocycles. The van der Waals surface area contributed by atoms with E-state index in [2.05, 4.69) is 31.6 Å². The molecule has 0 spiro atoms. The van der Waals surface area contributed by atoms with Crippen LogP contribution in [0.3, 0.4) is 0 Å². The molecule has 0 radical (unpaired) electrons. The van der Waals surface area contributed by atoms with Gasteiger partial charge in [0.2, 0.25) is 0 Å². The van der Waals surface area contributed by atoms with E-state index < -0.39 is 52.3 Å². The molecule has 0 saturated heterocycles. The van der Waals surface area contributed by atoms with Crippen LogP contribution in [0.25, 0.3) is 0 Å². The van der Waals surface area contributed by atoms with Crippen LogP contribution in [-0.4, -0.2) is 35.4 Å². The Morgan fingerprint density at radius 3 is 0.781 bits per heavy atom. The summed E-state index contributed by atoms with van der Waals surface area (Å²) in [5.41, 5.74) is 5.95. The number of nitrogens with one attached hydrogen (secondary N) is 3. The van der Waals surface area contributed by atoms with E-state index in [1.807, 2.05) is 96.1 Å². The molecule has 0 fully saturated rings. The van der Waals surface area contributed by atoms with Gasteiger partial charge in [-0.05, 0) is 72.8 Å². The smallest absolute Gasteiger partial charge is 0.545 e. The minimum Gasteiger partial charge on any atom is -0.545 e. The minimum absolute atomic E-state index is 0. The summed E-state index contributed by atoms with van der Waals surface area (Å²) in [5, 5.41) is 49.3. The second-order valence-electron chi connectivity index (χ2n) is 17.7. The molecule has 0 aromatic heterocycles. The molecule has 6 aromatic rings. The fraction of sp³-hybridized carbons (Fsp3) is 0.222. The summed E-state index contributed by atoms with van der Waals surface area (Å²) >= 11 is 0. The first kappa shape index (κ1) is 54.3. The molecule has 0 amide bonds. The van der Waals surface area contributed by atoms with Crippen LogP contribution in [0.15, 0.2) is 179 Å². The van der Waals surface area contributed by atoms with Gasteiger partial charge in [0.1, 0.15) is 35.0 Å². The topological polar surface area (TPSA) is 203 Å². The average Bonchev–Trinajstić information content (AvgIpc) is 4.11. The molecule has 3 N–H and O–H groups in total. The van der Waals surface area contributed by atoms with Crippen molar-refractivity contribution in [1.82, 2.24) is 16.3 Å². The van der Waals surface area contributed by atoms with Gasteiger partial charge in [-0.1, -0.05) is 133 Å². The third-order valence-electron chi connectivity index (χ3n) is 12.0. The Balaban J connectivity index is 0.000000177. The number of halogens is 3. The maximum atomic E-state index is 13.3. The molecule has 3 heterocycles. The average molecular weight is 1170 g/mol. The quantitative estimate of drug-likeness (QED) is 0.141. The van der Waals surface area contributed by atoms with Crippen LogP contribution in [0.4, 0.5) is 30.2 Å². The van der Waals surface area contributed by atoms with Crippen molar-refractivity contribution in [2.45, 2.75) is 58.5 Å². The molecular weight excluding hydrogens is 1120 g/mol. The van der Waals surface area contributed by atoms with Crippen molar-refractivity contribution in [3.8, 4) is 0 Å². The van der Waals surface area contributed by atoms with E-state index in [9.17, 15) is 42.9 Å². The molecule has 0 aliphatic carbocycles. The Labute approximate surface area is 434 Å². The molecule has 15 nitrogen and oxygen atoms in total. The van der Waals surface area contributed by atoms with Crippen molar-refractivity contribution in [3.05, 3.63) is 198 Å². The molecule has 73 heavy (non-hydrogen) atoms.